The molecule has 27 heavy (non-hydrogen) atoms. The standard InChI is InChI=1S/C23H33N2O2/c1-4-10-25-17-11-14(13(5-2)22(25)27)19-18(25)12-23(21(19)26)15-8-6-7-9-16(15)24(3)20(17)23/h6-9,13-14,17-22,26-27H,4-5,10-12H2,1-3H3/q+1/t13-,14-,17-,18-,19?,20-,21?,22+,23?,25?/m0/s1. The second kappa shape index (κ2) is 5.08. The molecule has 7 rings (SSSR count). The zero-order valence-electron chi connectivity index (χ0n) is 16.8. The number of hydrogen-bond acceptors (Lipinski definition) is 3. The van der Waals surface area contributed by atoms with Crippen LogP contribution >= 0.6 is 0 Å². The third-order valence-corrected chi connectivity index (χ3v) is 9.73. The molecule has 0 radical (unpaired) electrons. The van der Waals surface area contributed by atoms with Gasteiger partial charge in [-0.05, 0) is 30.4 Å². The first-order valence-corrected chi connectivity index (χ1v) is 11.1. The Balaban J connectivity index is 1.62. The van der Waals surface area contributed by atoms with Gasteiger partial charge in [0, 0.05) is 37.4 Å². The van der Waals surface area contributed by atoms with Crippen LogP contribution in [0.4, 0.5) is 5.69 Å². The van der Waals surface area contributed by atoms with Gasteiger partial charge < -0.3 is 15.1 Å². The fraction of sp³-hybridized carbons (Fsp3) is 0.739. The van der Waals surface area contributed by atoms with Gasteiger partial charge in [0.05, 0.1) is 30.1 Å². The van der Waals surface area contributed by atoms with E-state index in [0.29, 0.717) is 35.9 Å². The molecule has 2 N–H and O–H groups in total. The van der Waals surface area contributed by atoms with Crippen molar-refractivity contribution in [3.63, 3.8) is 0 Å². The number of aliphatic hydroxyl groups excluding tert-OH is 2. The quantitative estimate of drug-likeness (QED) is 0.805. The van der Waals surface area contributed by atoms with Gasteiger partial charge in [-0.2, -0.15) is 0 Å². The van der Waals surface area contributed by atoms with Crippen molar-refractivity contribution < 1.29 is 14.7 Å². The number of para-hydroxylation sites is 1. The Morgan fingerprint density at radius 3 is 2.70 bits per heavy atom. The molecule has 5 fully saturated rings. The van der Waals surface area contributed by atoms with Crippen LogP contribution in [0, 0.1) is 17.8 Å². The second-order valence-corrected chi connectivity index (χ2v) is 10.1. The van der Waals surface area contributed by atoms with Crippen LogP contribution < -0.4 is 4.90 Å². The summed E-state index contributed by atoms with van der Waals surface area (Å²) in [6.07, 6.45) is 3.84. The lowest BCUT2D eigenvalue weighted by molar-refractivity contribution is -1.04. The molecule has 1 aliphatic carbocycles. The van der Waals surface area contributed by atoms with Gasteiger partial charge in [0.1, 0.15) is 6.04 Å². The minimum absolute atomic E-state index is 0.127. The lowest BCUT2D eigenvalue weighted by Crippen LogP contribution is -2.83. The number of anilines is 1. The average Bonchev–Trinajstić information content (AvgIpc) is 3.06. The molecule has 146 valence electrons. The van der Waals surface area contributed by atoms with Gasteiger partial charge in [-0.1, -0.05) is 32.0 Å². The zero-order valence-corrected chi connectivity index (χ0v) is 16.8. The van der Waals surface area contributed by atoms with Gasteiger partial charge in [-0.15, -0.1) is 0 Å². The molecule has 1 aromatic carbocycles. The third-order valence-electron chi connectivity index (χ3n) is 9.73. The predicted molar refractivity (Wildman–Crippen MR) is 105 cm³/mol. The van der Waals surface area contributed by atoms with Gasteiger partial charge in [0.25, 0.3) is 0 Å². The molecule has 5 aliphatic heterocycles. The predicted octanol–water partition coefficient (Wildman–Crippen LogP) is 2.48. The minimum Gasteiger partial charge on any atom is -0.392 e. The Bertz CT molecular complexity index is 798. The van der Waals surface area contributed by atoms with Crippen LogP contribution in [-0.2, 0) is 5.41 Å². The molecule has 0 aromatic heterocycles. The van der Waals surface area contributed by atoms with Crippen LogP contribution in [0.3, 0.4) is 0 Å². The first kappa shape index (κ1) is 16.8. The molecule has 4 heteroatoms. The maximum absolute atomic E-state index is 11.9. The molecule has 1 aromatic rings. The Morgan fingerprint density at radius 1 is 1.19 bits per heavy atom. The summed E-state index contributed by atoms with van der Waals surface area (Å²) in [7, 11) is 2.23. The van der Waals surface area contributed by atoms with Crippen LogP contribution in [0.1, 0.15) is 45.1 Å². The summed E-state index contributed by atoms with van der Waals surface area (Å²) < 4.78 is 0.873. The third kappa shape index (κ3) is 1.51. The SMILES string of the molecule is CCC[N+]12[C@H](O)[C@@H](CC)[C@@H]3C[C@H]1[C@@H]1N(C)c4ccccc4C14C[C@H]2C3C4O. The number of piperidine rings is 4. The van der Waals surface area contributed by atoms with Crippen LogP contribution in [0.25, 0.3) is 0 Å². The summed E-state index contributed by atoms with van der Waals surface area (Å²) in [4.78, 5) is 2.48. The zero-order chi connectivity index (χ0) is 18.7. The number of nitrogens with zero attached hydrogens (tertiary/aromatic N) is 2. The molecule has 10 atom stereocenters. The topological polar surface area (TPSA) is 43.7 Å². The van der Waals surface area contributed by atoms with E-state index >= 15 is 0 Å². The summed E-state index contributed by atoms with van der Waals surface area (Å²) in [5, 5.41) is 23.6. The number of hydrogen-bond donors (Lipinski definition) is 2. The van der Waals surface area contributed by atoms with Crippen molar-refractivity contribution in [3.8, 4) is 0 Å². The largest absolute Gasteiger partial charge is 0.392 e. The van der Waals surface area contributed by atoms with Crippen molar-refractivity contribution >= 4 is 5.69 Å². The highest BCUT2D eigenvalue weighted by molar-refractivity contribution is 5.66. The summed E-state index contributed by atoms with van der Waals surface area (Å²) in [6.45, 7) is 5.56. The van der Waals surface area contributed by atoms with Crippen LogP contribution in [-0.4, -0.2) is 58.7 Å². The molecule has 4 nitrogen and oxygen atoms in total. The fourth-order valence-corrected chi connectivity index (χ4v) is 9.23. The van der Waals surface area contributed by atoms with Crippen molar-refractivity contribution in [2.45, 2.75) is 75.4 Å². The highest BCUT2D eigenvalue weighted by Gasteiger charge is 2.82. The number of aliphatic hydroxyl groups is 2. The Hall–Kier alpha value is -1.10. The Kier molecular flexibility index (Phi) is 3.17. The molecule has 4 unspecified atom stereocenters. The van der Waals surface area contributed by atoms with Gasteiger partial charge in [-0.3, -0.25) is 4.48 Å². The summed E-state index contributed by atoms with van der Waals surface area (Å²) in [5.74, 6) is 1.18. The number of likely N-dealkylation sites (N-methyl/N-ethyl adjacent to an activating group) is 1. The first-order valence-electron chi connectivity index (χ1n) is 11.1. The van der Waals surface area contributed by atoms with E-state index in [9.17, 15) is 10.2 Å². The molecule has 1 spiro atoms. The number of fused-ring (bicyclic) bond motifs is 2. The second-order valence-electron chi connectivity index (χ2n) is 10.1. The molecule has 0 amide bonds. The van der Waals surface area contributed by atoms with Crippen LogP contribution in [0.5, 0.6) is 0 Å². The Labute approximate surface area is 162 Å². The highest BCUT2D eigenvalue weighted by atomic mass is 16.3. The number of quaternary nitrogens is 1. The Morgan fingerprint density at radius 2 is 1.96 bits per heavy atom. The normalized spacial score (nSPS) is 53.7. The summed E-state index contributed by atoms with van der Waals surface area (Å²) >= 11 is 0. The lowest BCUT2D eigenvalue weighted by atomic mass is 9.60. The smallest absolute Gasteiger partial charge is 0.194 e. The van der Waals surface area contributed by atoms with Gasteiger partial charge in [0.15, 0.2) is 6.23 Å². The molecule has 4 saturated heterocycles. The van der Waals surface area contributed by atoms with Crippen molar-refractivity contribution in [1.82, 2.24) is 0 Å². The van der Waals surface area contributed by atoms with Gasteiger partial charge in [-0.25, -0.2) is 0 Å². The van der Waals surface area contributed by atoms with E-state index in [1.807, 2.05) is 0 Å². The molecule has 6 aliphatic rings. The van der Waals surface area contributed by atoms with Gasteiger partial charge >= 0.3 is 0 Å². The van der Waals surface area contributed by atoms with Crippen LogP contribution in [0.15, 0.2) is 24.3 Å². The molecular weight excluding hydrogens is 336 g/mol. The summed E-state index contributed by atoms with van der Waals surface area (Å²) in [5.41, 5.74) is 2.56. The van der Waals surface area contributed by atoms with Gasteiger partial charge in [0.2, 0.25) is 0 Å². The van der Waals surface area contributed by atoms with E-state index < -0.39 is 0 Å². The van der Waals surface area contributed by atoms with Crippen molar-refractivity contribution in [2.75, 3.05) is 18.5 Å². The van der Waals surface area contributed by atoms with E-state index in [1.165, 1.54) is 17.7 Å². The maximum atomic E-state index is 11.9. The molecule has 1 saturated carbocycles. The fourth-order valence-electron chi connectivity index (χ4n) is 9.23. The van der Waals surface area contributed by atoms with Crippen molar-refractivity contribution in [1.29, 1.82) is 0 Å². The first-order chi connectivity index (χ1) is 13.0. The van der Waals surface area contributed by atoms with E-state index in [2.05, 4.69) is 50.1 Å². The molecule has 5 heterocycles. The maximum Gasteiger partial charge on any atom is 0.194 e. The lowest BCUT2D eigenvalue weighted by Gasteiger charge is -2.68. The summed E-state index contributed by atoms with van der Waals surface area (Å²) in [6, 6.07) is 9.97. The van der Waals surface area contributed by atoms with E-state index in [4.69, 9.17) is 0 Å². The molecule has 5 bridgehead atoms. The van der Waals surface area contributed by atoms with E-state index in [0.717, 1.165) is 30.3 Å². The van der Waals surface area contributed by atoms with Crippen molar-refractivity contribution in [3.05, 3.63) is 29.8 Å². The molecular formula is C23H33N2O2+. The van der Waals surface area contributed by atoms with Crippen LogP contribution in [0.2, 0.25) is 0 Å². The van der Waals surface area contributed by atoms with Crippen molar-refractivity contribution in [2.24, 2.45) is 17.8 Å². The van der Waals surface area contributed by atoms with E-state index in [1.54, 1.807) is 0 Å². The minimum atomic E-state index is -0.271. The highest BCUT2D eigenvalue weighted by Crippen LogP contribution is 2.71. The monoisotopic (exact) mass is 369 g/mol. The number of benzene rings is 1. The average molecular weight is 370 g/mol. The number of rotatable bonds is 3. The van der Waals surface area contributed by atoms with E-state index in [-0.39, 0.29) is 17.7 Å².